The van der Waals surface area contributed by atoms with E-state index in [0.29, 0.717) is 5.56 Å². The number of aromatic nitrogens is 1. The van der Waals surface area contributed by atoms with E-state index in [1.807, 2.05) is 6.92 Å². The second-order valence-electron chi connectivity index (χ2n) is 12.2. The molecule has 5 rings (SSSR count). The summed E-state index contributed by atoms with van der Waals surface area (Å²) in [6.45, 7) is 5.04. The predicted molar refractivity (Wildman–Crippen MR) is 171 cm³/mol. The van der Waals surface area contributed by atoms with Crippen LogP contribution in [0.2, 0.25) is 0 Å². The molecule has 1 aromatic heterocycles. The van der Waals surface area contributed by atoms with Gasteiger partial charge in [0.15, 0.2) is 0 Å². The van der Waals surface area contributed by atoms with Crippen LogP contribution in [0.4, 0.5) is 45.2 Å². The maximum atomic E-state index is 13.7. The number of hydrogen-bond donors (Lipinski definition) is 2. The summed E-state index contributed by atoms with van der Waals surface area (Å²) in [6.07, 6.45) is -13.6. The highest BCUT2D eigenvalue weighted by Crippen LogP contribution is 2.41. The summed E-state index contributed by atoms with van der Waals surface area (Å²) >= 11 is 0. The minimum atomic E-state index is -4.98. The van der Waals surface area contributed by atoms with Gasteiger partial charge in [0.1, 0.15) is 17.2 Å². The molecule has 2 atom stereocenters. The average Bonchev–Trinajstić information content (AvgIpc) is 3.34. The molecular formula is C34H30F9N3O6S. The number of halogens is 9. The molecule has 2 N–H and O–H groups in total. The van der Waals surface area contributed by atoms with Crippen molar-refractivity contribution < 1.29 is 66.8 Å². The van der Waals surface area contributed by atoms with Gasteiger partial charge in [-0.15, -0.1) is 26.3 Å². The van der Waals surface area contributed by atoms with Crippen LogP contribution in [0.25, 0.3) is 0 Å². The number of aryl methyl sites for hydroxylation is 1. The van der Waals surface area contributed by atoms with Crippen molar-refractivity contribution in [3.8, 4) is 11.5 Å². The molecule has 2 heterocycles. The second kappa shape index (κ2) is 15.2. The van der Waals surface area contributed by atoms with Crippen LogP contribution in [-0.2, 0) is 26.6 Å². The molecule has 0 radical (unpaired) electrons. The van der Waals surface area contributed by atoms with E-state index in [2.05, 4.69) is 19.8 Å². The Labute approximate surface area is 297 Å². The van der Waals surface area contributed by atoms with Crippen molar-refractivity contribution in [2.75, 3.05) is 4.90 Å². The second-order valence-corrected chi connectivity index (χ2v) is 13.6. The van der Waals surface area contributed by atoms with Crippen molar-refractivity contribution in [1.29, 1.82) is 0 Å². The van der Waals surface area contributed by atoms with Crippen molar-refractivity contribution in [2.45, 2.75) is 68.6 Å². The summed E-state index contributed by atoms with van der Waals surface area (Å²) in [5.41, 5.74) is -0.586. The van der Waals surface area contributed by atoms with Gasteiger partial charge >= 0.3 is 18.9 Å². The van der Waals surface area contributed by atoms with Crippen LogP contribution in [-0.4, -0.2) is 42.6 Å². The zero-order valence-electron chi connectivity index (χ0n) is 27.7. The van der Waals surface area contributed by atoms with Gasteiger partial charge in [-0.05, 0) is 92.9 Å². The predicted octanol–water partition coefficient (Wildman–Crippen LogP) is 8.51. The molecule has 0 spiro atoms. The van der Waals surface area contributed by atoms with E-state index in [9.17, 15) is 52.7 Å². The van der Waals surface area contributed by atoms with E-state index < -0.39 is 69.7 Å². The third-order valence-electron chi connectivity index (χ3n) is 7.76. The van der Waals surface area contributed by atoms with E-state index in [1.54, 1.807) is 26.0 Å². The lowest BCUT2D eigenvalue weighted by Crippen LogP contribution is -2.47. The Balaban J connectivity index is 0.000000488. The van der Waals surface area contributed by atoms with E-state index in [-0.39, 0.29) is 22.6 Å². The smallest absolute Gasteiger partial charge is 0.406 e. The normalized spacial score (nSPS) is 16.9. The van der Waals surface area contributed by atoms with E-state index >= 15 is 0 Å². The first-order chi connectivity index (χ1) is 24.3. The third-order valence-corrected chi connectivity index (χ3v) is 8.63. The number of nitrogens with zero attached hydrogens (tertiary/aromatic N) is 2. The van der Waals surface area contributed by atoms with Gasteiger partial charge in [-0.2, -0.15) is 21.6 Å². The van der Waals surface area contributed by atoms with Gasteiger partial charge in [-0.25, -0.2) is 0 Å². The first kappa shape index (κ1) is 40.9. The van der Waals surface area contributed by atoms with Gasteiger partial charge in [0.25, 0.3) is 10.1 Å². The van der Waals surface area contributed by atoms with Crippen molar-refractivity contribution in [2.24, 2.45) is 0 Å². The number of hydrogen-bond acceptors (Lipinski definition) is 7. The number of ether oxygens (including phenoxy) is 2. The van der Waals surface area contributed by atoms with Gasteiger partial charge in [0.05, 0.1) is 17.0 Å². The largest absolute Gasteiger partial charge is 0.573 e. The maximum Gasteiger partial charge on any atom is 0.573 e. The molecule has 3 aromatic carbocycles. The van der Waals surface area contributed by atoms with Crippen LogP contribution in [0, 0.1) is 6.92 Å². The SMILES string of the molecule is CC(C)(N[C@H]1C[C@@H](c2cccc(OC(F)(F)F)c2)N(c2ccc(OC(F)(F)F)cc2)C1=O)c1ccc(C(F)(F)F)nc1.Cc1ccc(S(=O)(=O)O)cc1. The van der Waals surface area contributed by atoms with Crippen molar-refractivity contribution >= 4 is 21.7 Å². The Morgan fingerprint density at radius 3 is 1.91 bits per heavy atom. The first-order valence-electron chi connectivity index (χ1n) is 15.2. The number of alkyl halides is 9. The first-order valence-corrected chi connectivity index (χ1v) is 16.7. The molecule has 286 valence electrons. The van der Waals surface area contributed by atoms with Crippen molar-refractivity contribution in [3.05, 3.63) is 114 Å². The number of pyridine rings is 1. The fraction of sp³-hybridized carbons (Fsp3) is 0.294. The maximum absolute atomic E-state index is 13.7. The molecule has 1 aliphatic heterocycles. The number of rotatable bonds is 8. The Hall–Kier alpha value is -4.88. The van der Waals surface area contributed by atoms with Crippen LogP contribution in [0.15, 0.2) is 96.0 Å². The molecule has 1 saturated heterocycles. The van der Waals surface area contributed by atoms with E-state index in [4.69, 9.17) is 4.55 Å². The zero-order valence-corrected chi connectivity index (χ0v) is 28.5. The summed E-state index contributed by atoms with van der Waals surface area (Å²) in [7, 11) is -4.02. The van der Waals surface area contributed by atoms with Crippen molar-refractivity contribution in [3.63, 3.8) is 0 Å². The Morgan fingerprint density at radius 2 is 1.40 bits per heavy atom. The number of amides is 1. The fourth-order valence-electron chi connectivity index (χ4n) is 5.35. The highest BCUT2D eigenvalue weighted by atomic mass is 32.2. The van der Waals surface area contributed by atoms with Crippen LogP contribution in [0.1, 0.15) is 48.7 Å². The average molecular weight is 780 g/mol. The number of carbonyl (C=O) groups excluding carboxylic acids is 1. The summed E-state index contributed by atoms with van der Waals surface area (Å²) in [5, 5.41) is 3.08. The van der Waals surface area contributed by atoms with Crippen LogP contribution in [0.3, 0.4) is 0 Å². The van der Waals surface area contributed by atoms with Crippen LogP contribution in [0.5, 0.6) is 11.5 Å². The summed E-state index contributed by atoms with van der Waals surface area (Å²) in [4.78, 5) is 18.3. The lowest BCUT2D eigenvalue weighted by molar-refractivity contribution is -0.275. The highest BCUT2D eigenvalue weighted by molar-refractivity contribution is 7.85. The molecule has 4 aromatic rings. The lowest BCUT2D eigenvalue weighted by Gasteiger charge is -2.30. The molecule has 9 nitrogen and oxygen atoms in total. The van der Waals surface area contributed by atoms with E-state index in [0.717, 1.165) is 42.1 Å². The summed E-state index contributed by atoms with van der Waals surface area (Å²) < 4.78 is 153. The highest BCUT2D eigenvalue weighted by Gasteiger charge is 2.44. The molecule has 0 bridgehead atoms. The van der Waals surface area contributed by atoms with Gasteiger partial charge in [0, 0.05) is 17.4 Å². The number of anilines is 1. The fourth-order valence-corrected chi connectivity index (χ4v) is 5.83. The third kappa shape index (κ3) is 11.3. The number of carbonyl (C=O) groups is 1. The lowest BCUT2D eigenvalue weighted by atomic mass is 9.93. The van der Waals surface area contributed by atoms with Gasteiger partial charge in [-0.1, -0.05) is 35.9 Å². The standard InChI is InChI=1S/C27H22F9N3O3.C7H8O3S/c1-24(2,16-6-11-22(37-14-16)25(28,29)30)38-20-13-21(15-4-3-5-19(12-15)42-27(34,35)36)39(23(20)40)17-7-9-18(10-8-17)41-26(31,32)33;1-6-2-4-7(5-3-6)11(8,9)10/h3-12,14,20-21,38H,13H2,1-2H3;2-5H,1H3,(H,8,9,10)/t20-,21-;/m0./s1. The molecule has 19 heteroatoms. The topological polar surface area (TPSA) is 118 Å². The van der Waals surface area contributed by atoms with Gasteiger partial charge < -0.3 is 14.4 Å². The van der Waals surface area contributed by atoms with Gasteiger partial charge in [0.2, 0.25) is 5.91 Å². The Kier molecular flexibility index (Phi) is 11.7. The van der Waals surface area contributed by atoms with E-state index in [1.165, 1.54) is 47.4 Å². The number of benzene rings is 3. The molecule has 1 fully saturated rings. The molecule has 1 aliphatic rings. The number of nitrogens with one attached hydrogen (secondary N) is 1. The van der Waals surface area contributed by atoms with Crippen molar-refractivity contribution in [1.82, 2.24) is 10.3 Å². The molecular weight excluding hydrogens is 749 g/mol. The van der Waals surface area contributed by atoms with Crippen LogP contribution >= 0.6 is 0 Å². The van der Waals surface area contributed by atoms with Crippen LogP contribution < -0.4 is 19.7 Å². The van der Waals surface area contributed by atoms with Gasteiger partial charge in [-0.3, -0.25) is 19.6 Å². The minimum absolute atomic E-state index is 0.0212. The zero-order chi connectivity index (χ0) is 39.6. The summed E-state index contributed by atoms with van der Waals surface area (Å²) in [5.74, 6) is -1.69. The summed E-state index contributed by atoms with van der Waals surface area (Å²) in [6, 6.07) is 15.3. The Bertz CT molecular complexity index is 1990. The molecule has 0 unspecified atom stereocenters. The monoisotopic (exact) mass is 779 g/mol. The molecule has 1 amide bonds. The minimum Gasteiger partial charge on any atom is -0.406 e. The molecule has 0 aliphatic carbocycles. The molecule has 0 saturated carbocycles. The Morgan fingerprint density at radius 1 is 0.811 bits per heavy atom. The quantitative estimate of drug-likeness (QED) is 0.135. The molecule has 53 heavy (non-hydrogen) atoms.